The Bertz CT molecular complexity index is 507. The van der Waals surface area contributed by atoms with Gasteiger partial charge in [0.25, 0.3) is 5.91 Å². The van der Waals surface area contributed by atoms with E-state index in [-0.39, 0.29) is 5.91 Å². The van der Waals surface area contributed by atoms with E-state index >= 15 is 0 Å². The number of nitrogens with zero attached hydrogens (tertiary/aromatic N) is 2. The van der Waals surface area contributed by atoms with Crippen molar-refractivity contribution >= 4 is 5.91 Å². The molecule has 23 heavy (non-hydrogen) atoms. The van der Waals surface area contributed by atoms with E-state index in [4.69, 9.17) is 4.74 Å². The van der Waals surface area contributed by atoms with Crippen molar-refractivity contribution in [3.8, 4) is 0 Å². The topological polar surface area (TPSA) is 53.0 Å². The number of hydrogen-bond donors (Lipinski definition) is 1. The third kappa shape index (κ3) is 5.61. The lowest BCUT2D eigenvalue weighted by Crippen LogP contribution is -2.38. The van der Waals surface area contributed by atoms with Gasteiger partial charge in [0.05, 0.1) is 12.7 Å². The molecule has 128 valence electrons. The summed E-state index contributed by atoms with van der Waals surface area (Å²) in [6, 6.07) is 7.75. The van der Waals surface area contributed by atoms with Crippen LogP contribution >= 0.6 is 0 Å². The Kier molecular flexibility index (Phi) is 7.02. The second-order valence-corrected chi connectivity index (χ2v) is 6.13. The molecular weight excluding hydrogens is 292 g/mol. The van der Waals surface area contributed by atoms with Crippen LogP contribution in [0.4, 0.5) is 0 Å². The Balaban J connectivity index is 1.87. The van der Waals surface area contributed by atoms with Gasteiger partial charge in [-0.25, -0.2) is 0 Å². The first-order valence-electron chi connectivity index (χ1n) is 8.44. The van der Waals surface area contributed by atoms with Crippen molar-refractivity contribution in [1.29, 1.82) is 0 Å². The van der Waals surface area contributed by atoms with Gasteiger partial charge >= 0.3 is 0 Å². The summed E-state index contributed by atoms with van der Waals surface area (Å²) < 4.78 is 5.26. The molecule has 0 radical (unpaired) electrons. The van der Waals surface area contributed by atoms with Crippen LogP contribution in [0.1, 0.15) is 29.3 Å². The van der Waals surface area contributed by atoms with E-state index in [1.807, 2.05) is 43.0 Å². The minimum atomic E-state index is -0.464. The van der Waals surface area contributed by atoms with E-state index in [0.717, 1.165) is 37.2 Å². The molecule has 1 heterocycles. The standard InChI is InChI=1S/C18H28N2O3/c1-3-23-14-17(21)13-19-8-5-9-20(11-10-19)18(22)16-7-4-6-15(2)12-16/h4,6-7,12,17,21H,3,5,8-11,13-14H2,1-2H3/t17-/m0/s1. The first-order valence-corrected chi connectivity index (χ1v) is 8.44. The zero-order valence-electron chi connectivity index (χ0n) is 14.2. The van der Waals surface area contributed by atoms with Gasteiger partial charge in [-0.3, -0.25) is 9.69 Å². The first kappa shape index (κ1) is 17.9. The Morgan fingerprint density at radius 3 is 2.87 bits per heavy atom. The molecule has 1 N–H and O–H groups in total. The second kappa shape index (κ2) is 9.01. The van der Waals surface area contributed by atoms with Gasteiger partial charge in [-0.1, -0.05) is 17.7 Å². The van der Waals surface area contributed by atoms with Crippen LogP contribution in [-0.4, -0.2) is 72.9 Å². The highest BCUT2D eigenvalue weighted by Crippen LogP contribution is 2.11. The van der Waals surface area contributed by atoms with Crippen molar-refractivity contribution < 1.29 is 14.6 Å². The average molecular weight is 320 g/mol. The second-order valence-electron chi connectivity index (χ2n) is 6.13. The molecule has 1 amide bonds. The summed E-state index contributed by atoms with van der Waals surface area (Å²) in [5, 5.41) is 9.96. The molecule has 0 aromatic heterocycles. The molecule has 5 heteroatoms. The number of carbonyl (C=O) groups is 1. The molecule has 1 saturated heterocycles. The Labute approximate surface area is 138 Å². The van der Waals surface area contributed by atoms with Crippen LogP contribution < -0.4 is 0 Å². The lowest BCUT2D eigenvalue weighted by molar-refractivity contribution is 0.0218. The van der Waals surface area contributed by atoms with Crippen LogP contribution in [0.3, 0.4) is 0 Å². The smallest absolute Gasteiger partial charge is 0.253 e. The molecule has 1 atom stereocenters. The van der Waals surface area contributed by atoms with Gasteiger partial charge in [-0.15, -0.1) is 0 Å². The third-order valence-corrected chi connectivity index (χ3v) is 4.12. The summed E-state index contributed by atoms with van der Waals surface area (Å²) in [7, 11) is 0. The fraction of sp³-hybridized carbons (Fsp3) is 0.611. The summed E-state index contributed by atoms with van der Waals surface area (Å²) in [5.74, 6) is 0.102. The number of rotatable bonds is 6. The molecule has 1 aliphatic heterocycles. The minimum absolute atomic E-state index is 0.102. The number of ether oxygens (including phenoxy) is 1. The lowest BCUT2D eigenvalue weighted by atomic mass is 10.1. The van der Waals surface area contributed by atoms with E-state index in [2.05, 4.69) is 4.90 Å². The predicted octanol–water partition coefficient (Wildman–Crippen LogP) is 1.54. The SMILES string of the molecule is CCOC[C@@H](O)CN1CCCN(C(=O)c2cccc(C)c2)CC1. The number of amides is 1. The van der Waals surface area contributed by atoms with Crippen LogP contribution in [0.2, 0.25) is 0 Å². The van der Waals surface area contributed by atoms with Crippen LogP contribution in [0, 0.1) is 6.92 Å². The molecule has 1 aromatic rings. The highest BCUT2D eigenvalue weighted by Gasteiger charge is 2.21. The van der Waals surface area contributed by atoms with Crippen molar-refractivity contribution in [2.75, 3.05) is 45.9 Å². The fourth-order valence-corrected chi connectivity index (χ4v) is 2.92. The van der Waals surface area contributed by atoms with Gasteiger partial charge in [0.1, 0.15) is 0 Å². The molecule has 1 aliphatic rings. The van der Waals surface area contributed by atoms with E-state index in [1.165, 1.54) is 0 Å². The first-order chi connectivity index (χ1) is 11.1. The molecule has 1 fully saturated rings. The van der Waals surface area contributed by atoms with Gasteiger partial charge in [0.15, 0.2) is 0 Å². The monoisotopic (exact) mass is 320 g/mol. The quantitative estimate of drug-likeness (QED) is 0.864. The summed E-state index contributed by atoms with van der Waals surface area (Å²) in [6.45, 7) is 8.69. The van der Waals surface area contributed by atoms with Gasteiger partial charge < -0.3 is 14.7 Å². The molecule has 0 aliphatic carbocycles. The van der Waals surface area contributed by atoms with Crippen LogP contribution in [0.5, 0.6) is 0 Å². The molecule has 0 bridgehead atoms. The maximum atomic E-state index is 12.6. The van der Waals surface area contributed by atoms with Crippen LogP contribution in [0.25, 0.3) is 0 Å². The molecule has 0 saturated carbocycles. The Hall–Kier alpha value is -1.43. The number of carbonyl (C=O) groups excluding carboxylic acids is 1. The van der Waals surface area contributed by atoms with Crippen molar-refractivity contribution in [2.24, 2.45) is 0 Å². The number of aryl methyl sites for hydroxylation is 1. The zero-order valence-corrected chi connectivity index (χ0v) is 14.2. The number of hydrogen-bond acceptors (Lipinski definition) is 4. The van der Waals surface area contributed by atoms with E-state index < -0.39 is 6.10 Å². The molecule has 2 rings (SSSR count). The summed E-state index contributed by atoms with van der Waals surface area (Å²) in [4.78, 5) is 16.7. The third-order valence-electron chi connectivity index (χ3n) is 4.12. The summed E-state index contributed by atoms with van der Waals surface area (Å²) in [5.41, 5.74) is 1.86. The van der Waals surface area contributed by atoms with Gasteiger partial charge in [0, 0.05) is 38.3 Å². The average Bonchev–Trinajstić information content (AvgIpc) is 2.78. The summed E-state index contributed by atoms with van der Waals surface area (Å²) in [6.07, 6.45) is 0.466. The highest BCUT2D eigenvalue weighted by atomic mass is 16.5. The largest absolute Gasteiger partial charge is 0.389 e. The van der Waals surface area contributed by atoms with E-state index in [0.29, 0.717) is 26.3 Å². The van der Waals surface area contributed by atoms with Crippen molar-refractivity contribution in [2.45, 2.75) is 26.4 Å². The molecule has 0 spiro atoms. The van der Waals surface area contributed by atoms with E-state index in [9.17, 15) is 9.90 Å². The van der Waals surface area contributed by atoms with Crippen LogP contribution in [0.15, 0.2) is 24.3 Å². The number of benzene rings is 1. The minimum Gasteiger partial charge on any atom is -0.389 e. The normalized spacial score (nSPS) is 17.8. The zero-order chi connectivity index (χ0) is 16.7. The van der Waals surface area contributed by atoms with E-state index in [1.54, 1.807) is 0 Å². The van der Waals surface area contributed by atoms with Gasteiger partial charge in [0.2, 0.25) is 0 Å². The number of β-amino-alcohol motifs (C(OH)–C–C–N with tert-alkyl or cyclic N) is 1. The maximum absolute atomic E-state index is 12.6. The molecular formula is C18H28N2O3. The highest BCUT2D eigenvalue weighted by molar-refractivity contribution is 5.94. The van der Waals surface area contributed by atoms with Crippen LogP contribution in [-0.2, 0) is 4.74 Å². The van der Waals surface area contributed by atoms with Gasteiger partial charge in [-0.05, 0) is 38.9 Å². The fourth-order valence-electron chi connectivity index (χ4n) is 2.92. The van der Waals surface area contributed by atoms with Crippen molar-refractivity contribution in [3.63, 3.8) is 0 Å². The summed E-state index contributed by atoms with van der Waals surface area (Å²) >= 11 is 0. The Morgan fingerprint density at radius 2 is 2.13 bits per heavy atom. The lowest BCUT2D eigenvalue weighted by Gasteiger charge is -2.24. The predicted molar refractivity (Wildman–Crippen MR) is 90.6 cm³/mol. The Morgan fingerprint density at radius 1 is 1.30 bits per heavy atom. The van der Waals surface area contributed by atoms with Gasteiger partial charge in [-0.2, -0.15) is 0 Å². The molecule has 5 nitrogen and oxygen atoms in total. The number of aliphatic hydroxyl groups excluding tert-OH is 1. The maximum Gasteiger partial charge on any atom is 0.253 e. The molecule has 0 unspecified atom stereocenters. The van der Waals surface area contributed by atoms with Crippen molar-refractivity contribution in [1.82, 2.24) is 9.80 Å². The molecule has 1 aromatic carbocycles. The number of aliphatic hydroxyl groups is 1. The van der Waals surface area contributed by atoms with Crippen molar-refractivity contribution in [3.05, 3.63) is 35.4 Å².